The maximum atomic E-state index is 12.1. The quantitative estimate of drug-likeness (QED) is 0.876. The van der Waals surface area contributed by atoms with Crippen molar-refractivity contribution in [2.75, 3.05) is 5.32 Å². The molecule has 0 aromatic heterocycles. The molecular formula is C17H14ClN3O2S. The molecule has 5 nitrogen and oxygen atoms in total. The number of thioether (sulfide) groups is 1. The Labute approximate surface area is 148 Å². The Morgan fingerprint density at radius 2 is 1.88 bits per heavy atom. The lowest BCUT2D eigenvalue weighted by Gasteiger charge is -2.08. The molecule has 0 saturated carbocycles. The number of hydrogen-bond donors (Lipinski definition) is 2. The number of amides is 2. The third-order valence-corrected chi connectivity index (χ3v) is 4.69. The average Bonchev–Trinajstić information content (AvgIpc) is 2.90. The minimum atomic E-state index is -0.505. The van der Waals surface area contributed by atoms with Crippen LogP contribution in [-0.2, 0) is 9.59 Å². The highest BCUT2D eigenvalue weighted by molar-refractivity contribution is 8.15. The fourth-order valence-corrected chi connectivity index (χ4v) is 3.32. The molecule has 0 unspecified atom stereocenters. The van der Waals surface area contributed by atoms with Gasteiger partial charge in [0.15, 0.2) is 5.17 Å². The molecule has 24 heavy (non-hydrogen) atoms. The van der Waals surface area contributed by atoms with Crippen molar-refractivity contribution >= 4 is 51.7 Å². The second-order valence-corrected chi connectivity index (χ2v) is 6.68. The van der Waals surface area contributed by atoms with Crippen molar-refractivity contribution in [1.29, 1.82) is 0 Å². The van der Waals surface area contributed by atoms with Crippen LogP contribution >= 0.6 is 23.4 Å². The van der Waals surface area contributed by atoms with Gasteiger partial charge in [-0.05, 0) is 24.3 Å². The zero-order valence-corrected chi connectivity index (χ0v) is 14.1. The first kappa shape index (κ1) is 16.5. The van der Waals surface area contributed by atoms with Gasteiger partial charge in [0.2, 0.25) is 11.8 Å². The number of benzene rings is 2. The Morgan fingerprint density at radius 3 is 2.62 bits per heavy atom. The molecule has 2 aromatic rings. The van der Waals surface area contributed by atoms with E-state index in [0.29, 0.717) is 15.9 Å². The number of carbonyl (C=O) groups excluding carboxylic acids is 2. The zero-order valence-electron chi connectivity index (χ0n) is 12.5. The average molecular weight is 360 g/mol. The van der Waals surface area contributed by atoms with E-state index >= 15 is 0 Å². The third-order valence-electron chi connectivity index (χ3n) is 3.28. The Hall–Kier alpha value is -2.31. The summed E-state index contributed by atoms with van der Waals surface area (Å²) >= 11 is 7.26. The van der Waals surface area contributed by atoms with Gasteiger partial charge in [-0.25, -0.2) is 4.99 Å². The highest BCUT2D eigenvalue weighted by Crippen LogP contribution is 2.26. The molecule has 1 fully saturated rings. The number of hydrogen-bond acceptors (Lipinski definition) is 4. The second-order valence-electron chi connectivity index (χ2n) is 5.08. The molecule has 1 saturated heterocycles. The lowest BCUT2D eigenvalue weighted by atomic mass is 10.2. The van der Waals surface area contributed by atoms with Crippen molar-refractivity contribution in [3.8, 4) is 0 Å². The van der Waals surface area contributed by atoms with Crippen LogP contribution in [0.3, 0.4) is 0 Å². The van der Waals surface area contributed by atoms with E-state index in [-0.39, 0.29) is 18.2 Å². The number of anilines is 1. The van der Waals surface area contributed by atoms with Gasteiger partial charge in [0.25, 0.3) is 0 Å². The molecule has 1 aliphatic rings. The number of nitrogens with one attached hydrogen (secondary N) is 2. The normalized spacial score (nSPS) is 18.5. The standard InChI is InChI=1S/C17H14ClN3O2S/c18-12-8-4-5-9-13(12)20-15(22)10-14-16(23)21-17(24-14)19-11-6-2-1-3-7-11/h1-9,14H,10H2,(H,20,22)(H,19,21,23)/t14-/m1/s1. The molecule has 1 atom stereocenters. The summed E-state index contributed by atoms with van der Waals surface area (Å²) in [6.45, 7) is 0. The minimum Gasteiger partial charge on any atom is -0.325 e. The van der Waals surface area contributed by atoms with Crippen molar-refractivity contribution in [2.45, 2.75) is 11.7 Å². The van der Waals surface area contributed by atoms with Crippen molar-refractivity contribution in [1.82, 2.24) is 5.32 Å². The number of carbonyl (C=O) groups is 2. The van der Waals surface area contributed by atoms with Crippen LogP contribution in [0.1, 0.15) is 6.42 Å². The predicted octanol–water partition coefficient (Wildman–Crippen LogP) is 3.59. The molecular weight excluding hydrogens is 346 g/mol. The van der Waals surface area contributed by atoms with Crippen molar-refractivity contribution in [3.63, 3.8) is 0 Å². The monoisotopic (exact) mass is 359 g/mol. The van der Waals surface area contributed by atoms with E-state index in [1.54, 1.807) is 24.3 Å². The van der Waals surface area contributed by atoms with E-state index in [1.165, 1.54) is 11.8 Å². The number of nitrogens with zero attached hydrogens (tertiary/aromatic N) is 1. The first-order chi connectivity index (χ1) is 11.6. The summed E-state index contributed by atoms with van der Waals surface area (Å²) in [5.74, 6) is -0.485. The first-order valence-electron chi connectivity index (χ1n) is 7.27. The van der Waals surface area contributed by atoms with Crippen molar-refractivity contribution in [3.05, 3.63) is 59.6 Å². The van der Waals surface area contributed by atoms with E-state index < -0.39 is 5.25 Å². The molecule has 2 aromatic carbocycles. The molecule has 0 bridgehead atoms. The smallest absolute Gasteiger partial charge is 0.240 e. The molecule has 0 spiro atoms. The minimum absolute atomic E-state index is 0.0511. The lowest BCUT2D eigenvalue weighted by molar-refractivity contribution is -0.122. The van der Waals surface area contributed by atoms with Crippen LogP contribution in [0, 0.1) is 0 Å². The van der Waals surface area contributed by atoms with Gasteiger partial charge in [-0.3, -0.25) is 9.59 Å². The van der Waals surface area contributed by atoms with Crippen LogP contribution in [0.25, 0.3) is 0 Å². The Bertz CT molecular complexity index is 795. The Kier molecular flexibility index (Phi) is 5.17. The maximum absolute atomic E-state index is 12.1. The molecule has 0 radical (unpaired) electrons. The van der Waals surface area contributed by atoms with Gasteiger partial charge in [0.05, 0.1) is 16.4 Å². The fraction of sp³-hybridized carbons (Fsp3) is 0.118. The molecule has 122 valence electrons. The van der Waals surface area contributed by atoms with E-state index in [4.69, 9.17) is 11.6 Å². The van der Waals surface area contributed by atoms with E-state index in [0.717, 1.165) is 5.69 Å². The van der Waals surface area contributed by atoms with E-state index in [1.807, 2.05) is 30.3 Å². The highest BCUT2D eigenvalue weighted by atomic mass is 35.5. The van der Waals surface area contributed by atoms with Crippen LogP contribution in [0.15, 0.2) is 59.6 Å². The molecule has 3 rings (SSSR count). The van der Waals surface area contributed by atoms with Gasteiger partial charge < -0.3 is 10.6 Å². The molecule has 2 N–H and O–H groups in total. The van der Waals surface area contributed by atoms with Gasteiger partial charge in [0.1, 0.15) is 5.25 Å². The Morgan fingerprint density at radius 1 is 1.17 bits per heavy atom. The Balaban J connectivity index is 1.62. The number of amidine groups is 1. The number of aliphatic imine (C=N–C) groups is 1. The van der Waals surface area contributed by atoms with Crippen molar-refractivity contribution < 1.29 is 9.59 Å². The fourth-order valence-electron chi connectivity index (χ4n) is 2.14. The second kappa shape index (κ2) is 7.51. The molecule has 0 aliphatic carbocycles. The molecule has 2 amide bonds. The highest BCUT2D eigenvalue weighted by Gasteiger charge is 2.32. The van der Waals surface area contributed by atoms with Crippen LogP contribution in [0.4, 0.5) is 11.4 Å². The largest absolute Gasteiger partial charge is 0.325 e. The molecule has 7 heteroatoms. The van der Waals surface area contributed by atoms with Gasteiger partial charge >= 0.3 is 0 Å². The number of para-hydroxylation sites is 2. The van der Waals surface area contributed by atoms with Crippen LogP contribution in [0.2, 0.25) is 5.02 Å². The first-order valence-corrected chi connectivity index (χ1v) is 8.53. The summed E-state index contributed by atoms with van der Waals surface area (Å²) in [5.41, 5.74) is 1.28. The lowest BCUT2D eigenvalue weighted by Crippen LogP contribution is -2.28. The summed E-state index contributed by atoms with van der Waals surface area (Å²) in [6, 6.07) is 16.3. The van der Waals surface area contributed by atoms with E-state index in [9.17, 15) is 9.59 Å². The predicted molar refractivity (Wildman–Crippen MR) is 97.8 cm³/mol. The number of halogens is 1. The summed E-state index contributed by atoms with van der Waals surface area (Å²) in [7, 11) is 0. The van der Waals surface area contributed by atoms with Gasteiger partial charge in [0, 0.05) is 6.42 Å². The van der Waals surface area contributed by atoms with Crippen LogP contribution in [0.5, 0.6) is 0 Å². The number of rotatable bonds is 4. The van der Waals surface area contributed by atoms with Crippen molar-refractivity contribution in [2.24, 2.45) is 4.99 Å². The summed E-state index contributed by atoms with van der Waals surface area (Å²) in [6.07, 6.45) is 0.0511. The molecule has 1 heterocycles. The summed E-state index contributed by atoms with van der Waals surface area (Å²) in [5, 5.41) is 5.88. The molecule has 1 aliphatic heterocycles. The van der Waals surface area contributed by atoms with E-state index in [2.05, 4.69) is 15.6 Å². The van der Waals surface area contributed by atoms with Gasteiger partial charge in [-0.2, -0.15) is 0 Å². The van der Waals surface area contributed by atoms with Crippen LogP contribution < -0.4 is 10.6 Å². The van der Waals surface area contributed by atoms with Crippen LogP contribution in [-0.4, -0.2) is 22.2 Å². The SMILES string of the molecule is O=C(C[C@H]1SC(=Nc2ccccc2)NC1=O)Nc1ccccc1Cl. The summed E-state index contributed by atoms with van der Waals surface area (Å²) < 4.78 is 0. The zero-order chi connectivity index (χ0) is 16.9. The van der Waals surface area contributed by atoms with Gasteiger partial charge in [-0.15, -0.1) is 0 Å². The topological polar surface area (TPSA) is 70.6 Å². The summed E-state index contributed by atoms with van der Waals surface area (Å²) in [4.78, 5) is 28.5. The van der Waals surface area contributed by atoms with Gasteiger partial charge in [-0.1, -0.05) is 53.7 Å². The third kappa shape index (κ3) is 4.15. The maximum Gasteiger partial charge on any atom is 0.240 e.